The SMILES string of the molecule is Cc1ncc(Cn2c(C)cc(C(=O)C(C)Cl)c2C)s1. The van der Waals surface area contributed by atoms with Gasteiger partial charge in [-0.15, -0.1) is 22.9 Å². The highest BCUT2D eigenvalue weighted by Crippen LogP contribution is 2.21. The molecule has 2 rings (SSSR count). The van der Waals surface area contributed by atoms with Crippen molar-refractivity contribution in [1.29, 1.82) is 0 Å². The van der Waals surface area contributed by atoms with E-state index in [9.17, 15) is 4.79 Å². The predicted octanol–water partition coefficient (Wildman–Crippen LogP) is 3.73. The molecule has 0 aliphatic carbocycles. The third kappa shape index (κ3) is 2.90. The first-order valence-electron chi connectivity index (χ1n) is 6.16. The minimum atomic E-state index is -0.486. The predicted molar refractivity (Wildman–Crippen MR) is 79.5 cm³/mol. The van der Waals surface area contributed by atoms with Crippen LogP contribution in [0.25, 0.3) is 0 Å². The summed E-state index contributed by atoms with van der Waals surface area (Å²) in [5.41, 5.74) is 2.77. The summed E-state index contributed by atoms with van der Waals surface area (Å²) < 4.78 is 2.14. The molecular weight excluding hydrogens is 280 g/mol. The van der Waals surface area contributed by atoms with E-state index in [0.29, 0.717) is 0 Å². The molecule has 0 spiro atoms. The Labute approximate surface area is 122 Å². The second kappa shape index (κ2) is 5.47. The van der Waals surface area contributed by atoms with Crippen molar-refractivity contribution in [2.75, 3.05) is 0 Å². The van der Waals surface area contributed by atoms with Crippen molar-refractivity contribution in [3.8, 4) is 0 Å². The van der Waals surface area contributed by atoms with Crippen LogP contribution in [0.5, 0.6) is 0 Å². The van der Waals surface area contributed by atoms with Gasteiger partial charge >= 0.3 is 0 Å². The molecule has 2 aromatic heterocycles. The fourth-order valence-electron chi connectivity index (χ4n) is 2.14. The van der Waals surface area contributed by atoms with Gasteiger partial charge in [0.05, 0.1) is 16.9 Å². The number of aromatic nitrogens is 2. The van der Waals surface area contributed by atoms with Crippen LogP contribution in [0.15, 0.2) is 12.3 Å². The van der Waals surface area contributed by atoms with Crippen LogP contribution in [0.4, 0.5) is 0 Å². The van der Waals surface area contributed by atoms with E-state index in [2.05, 4.69) is 9.55 Å². The molecule has 102 valence electrons. The number of thiazole rings is 1. The maximum Gasteiger partial charge on any atom is 0.182 e. The van der Waals surface area contributed by atoms with Gasteiger partial charge in [-0.3, -0.25) is 4.79 Å². The van der Waals surface area contributed by atoms with Gasteiger partial charge < -0.3 is 4.57 Å². The zero-order chi connectivity index (χ0) is 14.2. The number of rotatable bonds is 4. The van der Waals surface area contributed by atoms with Crippen LogP contribution in [0.1, 0.15) is 38.6 Å². The monoisotopic (exact) mass is 296 g/mol. The number of alkyl halides is 1. The van der Waals surface area contributed by atoms with E-state index in [0.717, 1.165) is 28.5 Å². The Bertz CT molecular complexity index is 613. The summed E-state index contributed by atoms with van der Waals surface area (Å²) in [5.74, 6) is -0.0125. The quantitative estimate of drug-likeness (QED) is 0.636. The van der Waals surface area contributed by atoms with Gasteiger partial charge in [-0.2, -0.15) is 0 Å². The Morgan fingerprint density at radius 2 is 2.16 bits per heavy atom. The van der Waals surface area contributed by atoms with Crippen LogP contribution >= 0.6 is 22.9 Å². The standard InChI is InChI=1S/C14H17ClN2OS/c1-8-5-13(14(18)9(2)15)10(3)17(8)7-12-6-16-11(4)19-12/h5-6,9H,7H2,1-4H3. The molecule has 2 aromatic rings. The number of nitrogens with zero attached hydrogens (tertiary/aromatic N) is 2. The number of halogens is 1. The van der Waals surface area contributed by atoms with Crippen molar-refractivity contribution in [3.63, 3.8) is 0 Å². The van der Waals surface area contributed by atoms with Gasteiger partial charge in [0.25, 0.3) is 0 Å². The van der Waals surface area contributed by atoms with Gasteiger partial charge in [0.1, 0.15) is 0 Å². The van der Waals surface area contributed by atoms with Crippen LogP contribution in [-0.4, -0.2) is 20.7 Å². The van der Waals surface area contributed by atoms with Crippen LogP contribution in [0.2, 0.25) is 0 Å². The zero-order valence-electron chi connectivity index (χ0n) is 11.5. The Balaban J connectivity index is 2.34. The third-order valence-corrected chi connectivity index (χ3v) is 4.28. The number of ketones is 1. The number of carbonyl (C=O) groups excluding carboxylic acids is 1. The van der Waals surface area contributed by atoms with Crippen molar-refractivity contribution >= 4 is 28.7 Å². The molecular formula is C14H17ClN2OS. The van der Waals surface area contributed by atoms with Crippen molar-refractivity contribution in [2.45, 2.75) is 39.6 Å². The number of hydrogen-bond acceptors (Lipinski definition) is 3. The van der Waals surface area contributed by atoms with Gasteiger partial charge in [0.2, 0.25) is 0 Å². The average molecular weight is 297 g/mol. The Morgan fingerprint density at radius 3 is 2.68 bits per heavy atom. The summed E-state index contributed by atoms with van der Waals surface area (Å²) in [4.78, 5) is 17.5. The van der Waals surface area contributed by atoms with Gasteiger partial charge in [-0.1, -0.05) is 0 Å². The van der Waals surface area contributed by atoms with Gasteiger partial charge in [-0.05, 0) is 33.8 Å². The minimum Gasteiger partial charge on any atom is -0.343 e. The first-order valence-corrected chi connectivity index (χ1v) is 7.41. The number of carbonyl (C=O) groups is 1. The summed E-state index contributed by atoms with van der Waals surface area (Å²) in [5, 5.41) is 0.572. The van der Waals surface area contributed by atoms with Crippen molar-refractivity contribution in [2.24, 2.45) is 0 Å². The lowest BCUT2D eigenvalue weighted by Crippen LogP contribution is -2.12. The van der Waals surface area contributed by atoms with E-state index in [-0.39, 0.29) is 5.78 Å². The summed E-state index contributed by atoms with van der Waals surface area (Å²) in [6.07, 6.45) is 1.89. The van der Waals surface area contributed by atoms with Crippen molar-refractivity contribution in [3.05, 3.63) is 39.1 Å². The van der Waals surface area contributed by atoms with E-state index >= 15 is 0 Å². The third-order valence-electron chi connectivity index (χ3n) is 3.18. The fraction of sp³-hybridized carbons (Fsp3) is 0.429. The lowest BCUT2D eigenvalue weighted by atomic mass is 10.1. The maximum atomic E-state index is 12.0. The largest absolute Gasteiger partial charge is 0.343 e. The van der Waals surface area contributed by atoms with Crippen LogP contribution in [0, 0.1) is 20.8 Å². The lowest BCUT2D eigenvalue weighted by molar-refractivity contribution is 0.0991. The molecule has 1 atom stereocenters. The molecule has 0 saturated heterocycles. The van der Waals surface area contributed by atoms with Gasteiger partial charge in [-0.25, -0.2) is 4.98 Å². The Hall–Kier alpha value is -1.13. The molecule has 2 heterocycles. The topological polar surface area (TPSA) is 34.9 Å². The van der Waals surface area contributed by atoms with Crippen LogP contribution in [-0.2, 0) is 6.54 Å². The van der Waals surface area contributed by atoms with Crippen molar-refractivity contribution in [1.82, 2.24) is 9.55 Å². The number of Topliss-reactive ketones (excluding diaryl/α,β-unsaturated/α-hetero) is 1. The number of aryl methyl sites for hydroxylation is 2. The molecule has 0 aliphatic heterocycles. The van der Waals surface area contributed by atoms with E-state index in [1.165, 1.54) is 4.88 Å². The summed E-state index contributed by atoms with van der Waals surface area (Å²) in [6, 6.07) is 1.92. The normalized spacial score (nSPS) is 12.7. The molecule has 0 fully saturated rings. The highest BCUT2D eigenvalue weighted by Gasteiger charge is 2.19. The molecule has 0 N–H and O–H groups in total. The average Bonchev–Trinajstić information content (AvgIpc) is 2.87. The molecule has 3 nitrogen and oxygen atoms in total. The number of hydrogen-bond donors (Lipinski definition) is 0. The van der Waals surface area contributed by atoms with E-state index in [1.54, 1.807) is 18.3 Å². The highest BCUT2D eigenvalue weighted by atomic mass is 35.5. The van der Waals surface area contributed by atoms with Crippen molar-refractivity contribution < 1.29 is 4.79 Å². The zero-order valence-corrected chi connectivity index (χ0v) is 13.1. The molecule has 0 aromatic carbocycles. The van der Waals surface area contributed by atoms with Crippen LogP contribution < -0.4 is 0 Å². The van der Waals surface area contributed by atoms with E-state index in [4.69, 9.17) is 11.6 Å². The first kappa shape index (κ1) is 14.3. The molecule has 0 aliphatic rings. The maximum absolute atomic E-state index is 12.0. The van der Waals surface area contributed by atoms with E-state index < -0.39 is 5.38 Å². The van der Waals surface area contributed by atoms with Gasteiger partial charge in [0.15, 0.2) is 5.78 Å². The fourth-order valence-corrected chi connectivity index (χ4v) is 3.04. The summed E-state index contributed by atoms with van der Waals surface area (Å²) >= 11 is 7.57. The first-order chi connectivity index (χ1) is 8.90. The lowest BCUT2D eigenvalue weighted by Gasteiger charge is -2.08. The molecule has 0 saturated carbocycles. The molecule has 1 unspecified atom stereocenters. The minimum absolute atomic E-state index is 0.0125. The highest BCUT2D eigenvalue weighted by molar-refractivity contribution is 7.11. The molecule has 0 amide bonds. The van der Waals surface area contributed by atoms with E-state index in [1.807, 2.05) is 33.0 Å². The Morgan fingerprint density at radius 1 is 1.47 bits per heavy atom. The smallest absolute Gasteiger partial charge is 0.182 e. The van der Waals surface area contributed by atoms with Gasteiger partial charge in [0, 0.05) is 28.0 Å². The molecule has 0 radical (unpaired) electrons. The Kier molecular flexibility index (Phi) is 4.11. The summed E-state index contributed by atoms with van der Waals surface area (Å²) in [7, 11) is 0. The second-order valence-electron chi connectivity index (χ2n) is 4.70. The van der Waals surface area contributed by atoms with Crippen LogP contribution in [0.3, 0.4) is 0 Å². The molecule has 19 heavy (non-hydrogen) atoms. The second-order valence-corrected chi connectivity index (χ2v) is 6.67. The molecule has 5 heteroatoms. The summed E-state index contributed by atoms with van der Waals surface area (Å²) in [6.45, 7) is 8.44. The molecule has 0 bridgehead atoms.